The highest BCUT2D eigenvalue weighted by atomic mass is 35.5. The van der Waals surface area contributed by atoms with Crippen molar-refractivity contribution in [1.29, 1.82) is 0 Å². The minimum absolute atomic E-state index is 0.0319. The van der Waals surface area contributed by atoms with Crippen molar-refractivity contribution < 1.29 is 23.5 Å². The normalized spacial score (nSPS) is 11.0. The number of ether oxygens (including phenoxy) is 1. The van der Waals surface area contributed by atoms with E-state index in [1.54, 1.807) is 81.7 Å². The zero-order valence-corrected chi connectivity index (χ0v) is 23.5. The topological polar surface area (TPSA) is 114 Å². The third-order valence-electron chi connectivity index (χ3n) is 6.00. The van der Waals surface area contributed by atoms with Gasteiger partial charge in [-0.1, -0.05) is 41.4 Å². The molecule has 0 aliphatic rings. The van der Waals surface area contributed by atoms with Crippen LogP contribution in [0.25, 0.3) is 17.2 Å². The first-order valence-corrected chi connectivity index (χ1v) is 12.9. The number of benzene rings is 3. The lowest BCUT2D eigenvalue weighted by Gasteiger charge is -2.21. The van der Waals surface area contributed by atoms with E-state index in [9.17, 15) is 14.4 Å². The van der Waals surface area contributed by atoms with Crippen molar-refractivity contribution in [3.63, 3.8) is 0 Å². The summed E-state index contributed by atoms with van der Waals surface area (Å²) in [6, 6.07) is 15.3. The fourth-order valence-electron chi connectivity index (χ4n) is 3.81. The predicted octanol–water partition coefficient (Wildman–Crippen LogP) is 5.17. The highest BCUT2D eigenvalue weighted by Crippen LogP contribution is 2.35. The summed E-state index contributed by atoms with van der Waals surface area (Å²) in [5.74, 6) is -0.0188. The molecule has 3 aromatic carbocycles. The third-order valence-corrected chi connectivity index (χ3v) is 6.78. The zero-order chi connectivity index (χ0) is 28.8. The minimum Gasteiger partial charge on any atom is -0.486 e. The van der Waals surface area contributed by atoms with E-state index in [0.29, 0.717) is 44.6 Å². The van der Waals surface area contributed by atoms with Gasteiger partial charge in [-0.25, -0.2) is 4.98 Å². The number of likely N-dealkylation sites (N-methyl/N-ethyl adjacent to an activating group) is 1. The van der Waals surface area contributed by atoms with Crippen LogP contribution in [0.1, 0.15) is 27.4 Å². The number of aromatic nitrogens is 1. The molecular formula is C29H26Cl2N4O5. The maximum atomic E-state index is 12.8. The Morgan fingerprint density at radius 2 is 1.82 bits per heavy atom. The van der Waals surface area contributed by atoms with Crippen molar-refractivity contribution in [3.05, 3.63) is 93.3 Å². The summed E-state index contributed by atoms with van der Waals surface area (Å²) in [6.45, 7) is 1.53. The van der Waals surface area contributed by atoms with Gasteiger partial charge in [0.1, 0.15) is 12.4 Å². The molecule has 0 spiro atoms. The van der Waals surface area contributed by atoms with Gasteiger partial charge >= 0.3 is 0 Å². The van der Waals surface area contributed by atoms with Crippen molar-refractivity contribution in [2.45, 2.75) is 13.5 Å². The number of rotatable bonds is 9. The fourth-order valence-corrected chi connectivity index (χ4v) is 4.42. The van der Waals surface area contributed by atoms with Gasteiger partial charge in [0.15, 0.2) is 17.0 Å². The van der Waals surface area contributed by atoms with Crippen LogP contribution in [0.5, 0.6) is 5.75 Å². The number of carbonyl (C=O) groups excluding carboxylic acids is 3. The third kappa shape index (κ3) is 6.62. The van der Waals surface area contributed by atoms with E-state index in [1.807, 2.05) is 0 Å². The van der Waals surface area contributed by atoms with Crippen LogP contribution in [0, 0.1) is 6.92 Å². The first-order chi connectivity index (χ1) is 19.2. The van der Waals surface area contributed by atoms with Crippen molar-refractivity contribution in [2.24, 2.45) is 0 Å². The van der Waals surface area contributed by atoms with Crippen molar-refractivity contribution in [1.82, 2.24) is 15.6 Å². The summed E-state index contributed by atoms with van der Waals surface area (Å²) < 4.78 is 11.5. The Hall–Kier alpha value is -4.34. The molecule has 206 valence electrons. The van der Waals surface area contributed by atoms with Gasteiger partial charge in [0, 0.05) is 43.2 Å². The van der Waals surface area contributed by atoms with E-state index in [4.69, 9.17) is 32.4 Å². The summed E-state index contributed by atoms with van der Waals surface area (Å²) in [7, 11) is 3.10. The maximum absolute atomic E-state index is 12.8. The molecule has 1 heterocycles. The van der Waals surface area contributed by atoms with Gasteiger partial charge in [0.05, 0.1) is 17.3 Å². The number of aryl methyl sites for hydroxylation is 1. The van der Waals surface area contributed by atoms with Crippen LogP contribution < -0.4 is 20.3 Å². The quantitative estimate of drug-likeness (QED) is 0.264. The van der Waals surface area contributed by atoms with Gasteiger partial charge < -0.3 is 24.7 Å². The summed E-state index contributed by atoms with van der Waals surface area (Å²) >= 11 is 13.1. The van der Waals surface area contributed by atoms with Crippen LogP contribution in [0.4, 0.5) is 5.69 Å². The lowest BCUT2D eigenvalue weighted by atomic mass is 10.1. The van der Waals surface area contributed by atoms with Crippen LogP contribution in [0.2, 0.25) is 10.0 Å². The molecule has 0 atom stereocenters. The van der Waals surface area contributed by atoms with Crippen LogP contribution in [-0.4, -0.2) is 43.3 Å². The van der Waals surface area contributed by atoms with Gasteiger partial charge in [-0.05, 0) is 48.0 Å². The summed E-state index contributed by atoms with van der Waals surface area (Å²) in [4.78, 5) is 42.4. The van der Waals surface area contributed by atoms with Crippen LogP contribution >= 0.6 is 23.2 Å². The lowest BCUT2D eigenvalue weighted by molar-refractivity contribution is -0.122. The van der Waals surface area contributed by atoms with E-state index in [-0.39, 0.29) is 24.1 Å². The van der Waals surface area contributed by atoms with E-state index >= 15 is 0 Å². The number of oxazole rings is 1. The molecule has 4 aromatic rings. The fraction of sp³-hybridized carbons (Fsp3) is 0.172. The molecule has 0 radical (unpaired) electrons. The number of carbonyl (C=O) groups is 3. The molecule has 3 amide bonds. The smallest absolute Gasteiger partial charge is 0.251 e. The van der Waals surface area contributed by atoms with E-state index in [1.165, 1.54) is 11.0 Å². The standard InChI is InChI=1S/C29H26Cl2N4O5/c1-17-34-28-23(5-4-6-24(28)40-17)39-16-20-21(30)12-13-22(27(20)31)35(3)26(37)15-33-25(36)14-9-18-7-10-19(11-8-18)29(38)32-2/h4-14H,15-16H2,1-3H3,(H,32,38)(H,33,36). The largest absolute Gasteiger partial charge is 0.486 e. The second-order valence-electron chi connectivity index (χ2n) is 8.69. The Bertz CT molecular complexity index is 1600. The van der Waals surface area contributed by atoms with Crippen LogP contribution in [0.3, 0.4) is 0 Å². The number of amides is 3. The van der Waals surface area contributed by atoms with Gasteiger partial charge in [-0.3, -0.25) is 14.4 Å². The second kappa shape index (κ2) is 12.7. The zero-order valence-electron chi connectivity index (χ0n) is 22.0. The number of para-hydroxylation sites is 1. The number of hydrogen-bond donors (Lipinski definition) is 2. The molecule has 9 nitrogen and oxygen atoms in total. The number of anilines is 1. The van der Waals surface area contributed by atoms with Gasteiger partial charge in [-0.15, -0.1) is 0 Å². The molecule has 0 aliphatic carbocycles. The first kappa shape index (κ1) is 28.7. The number of halogens is 2. The molecular weight excluding hydrogens is 555 g/mol. The summed E-state index contributed by atoms with van der Waals surface area (Å²) in [5.41, 5.74) is 3.32. The van der Waals surface area contributed by atoms with Crippen LogP contribution in [0.15, 0.2) is 65.1 Å². The molecule has 2 N–H and O–H groups in total. The van der Waals surface area contributed by atoms with Gasteiger partial charge in [-0.2, -0.15) is 0 Å². The van der Waals surface area contributed by atoms with Gasteiger partial charge in [0.25, 0.3) is 5.91 Å². The molecule has 0 saturated heterocycles. The molecule has 0 aliphatic heterocycles. The van der Waals surface area contributed by atoms with E-state index in [0.717, 1.165) is 5.56 Å². The molecule has 40 heavy (non-hydrogen) atoms. The van der Waals surface area contributed by atoms with E-state index < -0.39 is 11.8 Å². The molecule has 1 aromatic heterocycles. The molecule has 0 fully saturated rings. The Morgan fingerprint density at radius 3 is 2.55 bits per heavy atom. The Balaban J connectivity index is 1.37. The van der Waals surface area contributed by atoms with Crippen molar-refractivity contribution in [3.8, 4) is 5.75 Å². The lowest BCUT2D eigenvalue weighted by Crippen LogP contribution is -2.37. The molecule has 0 unspecified atom stereocenters. The maximum Gasteiger partial charge on any atom is 0.251 e. The monoisotopic (exact) mass is 580 g/mol. The summed E-state index contributed by atoms with van der Waals surface area (Å²) in [5, 5.41) is 5.73. The highest BCUT2D eigenvalue weighted by molar-refractivity contribution is 6.38. The predicted molar refractivity (Wildman–Crippen MR) is 155 cm³/mol. The minimum atomic E-state index is -0.453. The van der Waals surface area contributed by atoms with Gasteiger partial charge in [0.2, 0.25) is 11.8 Å². The number of hydrogen-bond acceptors (Lipinski definition) is 6. The second-order valence-corrected chi connectivity index (χ2v) is 9.47. The Kier molecular flexibility index (Phi) is 9.08. The Labute approximate surface area is 240 Å². The average molecular weight is 581 g/mol. The highest BCUT2D eigenvalue weighted by Gasteiger charge is 2.19. The van der Waals surface area contributed by atoms with Crippen LogP contribution in [-0.2, 0) is 16.2 Å². The number of fused-ring (bicyclic) bond motifs is 1. The number of nitrogens with one attached hydrogen (secondary N) is 2. The SMILES string of the molecule is CNC(=O)c1ccc(C=CC(=O)NCC(=O)N(C)c2ccc(Cl)c(COc3cccc4oc(C)nc34)c2Cl)cc1. The first-order valence-electron chi connectivity index (χ1n) is 12.2. The average Bonchev–Trinajstić information content (AvgIpc) is 3.35. The number of nitrogens with zero attached hydrogens (tertiary/aromatic N) is 2. The van der Waals surface area contributed by atoms with E-state index in [2.05, 4.69) is 15.6 Å². The van der Waals surface area contributed by atoms with Crippen molar-refractivity contribution in [2.75, 3.05) is 25.5 Å². The summed E-state index contributed by atoms with van der Waals surface area (Å²) in [6.07, 6.45) is 2.89. The van der Waals surface area contributed by atoms with Crippen molar-refractivity contribution >= 4 is 63.8 Å². The molecule has 0 bridgehead atoms. The molecule has 11 heteroatoms. The molecule has 4 rings (SSSR count). The molecule has 0 saturated carbocycles. The Morgan fingerprint density at radius 1 is 1.07 bits per heavy atom.